The minimum atomic E-state index is -0.00259. The highest BCUT2D eigenvalue weighted by atomic mass is 15.2. The first-order valence-electron chi connectivity index (χ1n) is 8.34. The fourth-order valence-corrected chi connectivity index (χ4v) is 3.18. The number of aliphatic imine (C=N–C) groups is 1. The zero-order valence-corrected chi connectivity index (χ0v) is 14.3. The van der Waals surface area contributed by atoms with Crippen LogP contribution in [0.1, 0.15) is 17.2 Å². The molecule has 0 saturated heterocycles. The van der Waals surface area contributed by atoms with Crippen molar-refractivity contribution < 1.29 is 0 Å². The maximum atomic E-state index is 4.93. The summed E-state index contributed by atoms with van der Waals surface area (Å²) >= 11 is 0. The Labute approximate surface area is 147 Å². The van der Waals surface area contributed by atoms with Crippen molar-refractivity contribution >= 4 is 16.5 Å². The Hall–Kier alpha value is -3.14. The summed E-state index contributed by atoms with van der Waals surface area (Å²) < 4.78 is 0. The zero-order valence-electron chi connectivity index (χ0n) is 14.3. The molecule has 4 heteroatoms. The van der Waals surface area contributed by atoms with E-state index >= 15 is 0 Å². The average Bonchev–Trinajstić information content (AvgIpc) is 2.68. The molecular formula is C21H20N4. The van der Waals surface area contributed by atoms with Gasteiger partial charge < -0.3 is 10.2 Å². The third-order valence-electron chi connectivity index (χ3n) is 4.46. The van der Waals surface area contributed by atoms with Crippen molar-refractivity contribution in [2.45, 2.75) is 6.04 Å². The van der Waals surface area contributed by atoms with E-state index in [-0.39, 0.29) is 6.04 Å². The summed E-state index contributed by atoms with van der Waals surface area (Å²) in [6, 6.07) is 18.9. The number of pyridine rings is 1. The molecule has 1 unspecified atom stereocenters. The van der Waals surface area contributed by atoms with E-state index in [0.29, 0.717) is 0 Å². The van der Waals surface area contributed by atoms with E-state index in [0.717, 1.165) is 17.1 Å². The normalized spacial score (nSPS) is 16.8. The summed E-state index contributed by atoms with van der Waals surface area (Å²) in [6.45, 7) is 0. The highest BCUT2D eigenvalue weighted by molar-refractivity contribution is 6.07. The van der Waals surface area contributed by atoms with Gasteiger partial charge in [0.1, 0.15) is 5.82 Å². The number of fused-ring (bicyclic) bond motifs is 1. The third kappa shape index (κ3) is 2.87. The molecule has 2 heterocycles. The minimum Gasteiger partial charge on any atom is -0.376 e. The molecule has 0 amide bonds. The van der Waals surface area contributed by atoms with Crippen LogP contribution in [-0.2, 0) is 0 Å². The molecular weight excluding hydrogens is 308 g/mol. The molecule has 1 aliphatic rings. The van der Waals surface area contributed by atoms with Crippen molar-refractivity contribution in [2.75, 3.05) is 14.1 Å². The summed E-state index contributed by atoms with van der Waals surface area (Å²) in [5, 5.41) is 6.03. The van der Waals surface area contributed by atoms with E-state index < -0.39 is 0 Å². The number of rotatable bonds is 3. The van der Waals surface area contributed by atoms with Gasteiger partial charge in [0.2, 0.25) is 0 Å². The summed E-state index contributed by atoms with van der Waals surface area (Å²) in [5.74, 6) is 0.906. The molecule has 124 valence electrons. The molecule has 1 atom stereocenters. The van der Waals surface area contributed by atoms with Crippen LogP contribution in [0.5, 0.6) is 0 Å². The van der Waals surface area contributed by atoms with E-state index in [1.54, 1.807) is 0 Å². The molecule has 3 aromatic rings. The van der Waals surface area contributed by atoms with Crippen LogP contribution in [0.2, 0.25) is 0 Å². The van der Waals surface area contributed by atoms with Gasteiger partial charge in [-0.3, -0.25) is 4.98 Å². The van der Waals surface area contributed by atoms with E-state index in [9.17, 15) is 0 Å². The number of benzene rings is 2. The van der Waals surface area contributed by atoms with Crippen molar-refractivity contribution in [1.29, 1.82) is 0 Å². The summed E-state index contributed by atoms with van der Waals surface area (Å²) in [7, 11) is 4.00. The van der Waals surface area contributed by atoms with Gasteiger partial charge in [-0.05, 0) is 28.5 Å². The fraction of sp³-hybridized carbons (Fsp3) is 0.143. The first kappa shape index (κ1) is 15.4. The molecule has 1 aliphatic heterocycles. The van der Waals surface area contributed by atoms with Gasteiger partial charge in [-0.15, -0.1) is 0 Å². The van der Waals surface area contributed by atoms with Crippen LogP contribution in [0, 0.1) is 0 Å². The average molecular weight is 328 g/mol. The van der Waals surface area contributed by atoms with Gasteiger partial charge in [0, 0.05) is 38.3 Å². The number of nitrogens with zero attached hydrogens (tertiary/aromatic N) is 3. The standard InChI is InChI=1S/C21H20N4/c1-25(2)19-14-23-21(20(24-19)16-10-12-22-13-11-16)18-9-5-7-15-6-3-4-8-17(15)18/h3-14,21,23H,1-2H3. The van der Waals surface area contributed by atoms with Gasteiger partial charge in [0.15, 0.2) is 0 Å². The van der Waals surface area contributed by atoms with Crippen molar-refractivity contribution in [3.8, 4) is 0 Å². The van der Waals surface area contributed by atoms with E-state index in [4.69, 9.17) is 4.99 Å². The van der Waals surface area contributed by atoms with Crippen LogP contribution in [0.3, 0.4) is 0 Å². The highest BCUT2D eigenvalue weighted by Gasteiger charge is 2.24. The monoisotopic (exact) mass is 328 g/mol. The van der Waals surface area contributed by atoms with Crippen molar-refractivity contribution in [2.24, 2.45) is 4.99 Å². The van der Waals surface area contributed by atoms with Crippen LogP contribution in [-0.4, -0.2) is 29.7 Å². The topological polar surface area (TPSA) is 40.5 Å². The van der Waals surface area contributed by atoms with Crippen molar-refractivity contribution in [1.82, 2.24) is 15.2 Å². The second-order valence-electron chi connectivity index (χ2n) is 6.30. The summed E-state index contributed by atoms with van der Waals surface area (Å²) in [6.07, 6.45) is 5.61. The fourth-order valence-electron chi connectivity index (χ4n) is 3.18. The van der Waals surface area contributed by atoms with Crippen molar-refractivity contribution in [3.63, 3.8) is 0 Å². The molecule has 25 heavy (non-hydrogen) atoms. The van der Waals surface area contributed by atoms with Crippen molar-refractivity contribution in [3.05, 3.63) is 90.1 Å². The van der Waals surface area contributed by atoms with Crippen LogP contribution < -0.4 is 5.32 Å². The van der Waals surface area contributed by atoms with Crippen LogP contribution in [0.4, 0.5) is 0 Å². The molecule has 0 fully saturated rings. The second-order valence-corrected chi connectivity index (χ2v) is 6.30. The first-order valence-corrected chi connectivity index (χ1v) is 8.34. The molecule has 1 aromatic heterocycles. The van der Waals surface area contributed by atoms with Crippen LogP contribution in [0.15, 0.2) is 84.0 Å². The minimum absolute atomic E-state index is 0.00259. The molecule has 4 nitrogen and oxygen atoms in total. The molecule has 2 aromatic carbocycles. The number of hydrogen-bond donors (Lipinski definition) is 1. The lowest BCUT2D eigenvalue weighted by molar-refractivity contribution is 0.493. The Bertz CT molecular complexity index is 953. The Morgan fingerprint density at radius 3 is 2.48 bits per heavy atom. The number of aromatic nitrogens is 1. The Morgan fingerprint density at radius 2 is 1.68 bits per heavy atom. The Morgan fingerprint density at radius 1 is 0.920 bits per heavy atom. The lowest BCUT2D eigenvalue weighted by Gasteiger charge is -2.28. The first-order chi connectivity index (χ1) is 12.2. The molecule has 4 rings (SSSR count). The van der Waals surface area contributed by atoms with Gasteiger partial charge in [0.25, 0.3) is 0 Å². The SMILES string of the molecule is CN(C)C1=CNC(c2cccc3ccccc23)C(c2ccncc2)=N1. The Kier molecular flexibility index (Phi) is 3.94. The molecule has 0 aliphatic carbocycles. The molecule has 0 radical (unpaired) electrons. The van der Waals surface area contributed by atoms with Gasteiger partial charge in [-0.2, -0.15) is 0 Å². The molecule has 0 spiro atoms. The van der Waals surface area contributed by atoms with Gasteiger partial charge in [0.05, 0.1) is 11.8 Å². The van der Waals surface area contributed by atoms with Gasteiger partial charge in [-0.25, -0.2) is 4.99 Å². The molecule has 0 bridgehead atoms. The van der Waals surface area contributed by atoms with E-state index in [2.05, 4.69) is 52.8 Å². The quantitative estimate of drug-likeness (QED) is 0.796. The van der Waals surface area contributed by atoms with E-state index in [1.165, 1.54) is 16.3 Å². The largest absolute Gasteiger partial charge is 0.376 e. The number of nitrogens with one attached hydrogen (secondary N) is 1. The predicted molar refractivity (Wildman–Crippen MR) is 102 cm³/mol. The zero-order chi connectivity index (χ0) is 17.2. The molecule has 0 saturated carbocycles. The summed E-state index contributed by atoms with van der Waals surface area (Å²) in [4.78, 5) is 11.1. The second kappa shape index (κ2) is 6.40. The Balaban J connectivity index is 1.87. The lowest BCUT2D eigenvalue weighted by Crippen LogP contribution is -2.31. The highest BCUT2D eigenvalue weighted by Crippen LogP contribution is 2.29. The summed E-state index contributed by atoms with van der Waals surface area (Å²) in [5.41, 5.74) is 3.31. The van der Waals surface area contributed by atoms with Gasteiger partial charge in [-0.1, -0.05) is 42.5 Å². The molecule has 1 N–H and O–H groups in total. The number of hydrogen-bond acceptors (Lipinski definition) is 4. The smallest absolute Gasteiger partial charge is 0.144 e. The maximum Gasteiger partial charge on any atom is 0.144 e. The van der Waals surface area contributed by atoms with Gasteiger partial charge >= 0.3 is 0 Å². The van der Waals surface area contributed by atoms with Crippen LogP contribution in [0.25, 0.3) is 10.8 Å². The van der Waals surface area contributed by atoms with Crippen LogP contribution >= 0.6 is 0 Å². The lowest BCUT2D eigenvalue weighted by atomic mass is 9.92. The predicted octanol–water partition coefficient (Wildman–Crippen LogP) is 3.73. The third-order valence-corrected chi connectivity index (χ3v) is 4.46. The van der Waals surface area contributed by atoms with E-state index in [1.807, 2.05) is 49.7 Å². The maximum absolute atomic E-state index is 4.93.